The van der Waals surface area contributed by atoms with E-state index < -0.39 is 0 Å². The van der Waals surface area contributed by atoms with Crippen molar-refractivity contribution in [3.63, 3.8) is 0 Å². The van der Waals surface area contributed by atoms with Crippen molar-refractivity contribution < 1.29 is 9.53 Å². The fourth-order valence-corrected chi connectivity index (χ4v) is 3.67. The number of anilines is 2. The molecule has 0 radical (unpaired) electrons. The molecular formula is C22H28N4O2. The van der Waals surface area contributed by atoms with E-state index in [9.17, 15) is 4.79 Å². The molecule has 0 bridgehead atoms. The molecule has 0 spiro atoms. The van der Waals surface area contributed by atoms with E-state index in [1.165, 1.54) is 5.69 Å². The van der Waals surface area contributed by atoms with Gasteiger partial charge in [-0.15, -0.1) is 0 Å². The maximum absolute atomic E-state index is 12.2. The Bertz CT molecular complexity index is 777. The Morgan fingerprint density at radius 3 is 2.25 bits per heavy atom. The summed E-state index contributed by atoms with van der Waals surface area (Å²) in [7, 11) is 2.16. The third-order valence-electron chi connectivity index (χ3n) is 5.44. The van der Waals surface area contributed by atoms with E-state index in [-0.39, 0.29) is 11.9 Å². The van der Waals surface area contributed by atoms with E-state index in [0.717, 1.165) is 62.8 Å². The van der Waals surface area contributed by atoms with Crippen molar-refractivity contribution >= 4 is 17.3 Å². The largest absolute Gasteiger partial charge is 0.457 e. The molecule has 0 aliphatic carbocycles. The molecule has 4 rings (SSSR count). The number of nitrogens with one attached hydrogen (secondary N) is 2. The highest BCUT2D eigenvalue weighted by Gasteiger charge is 2.21. The van der Waals surface area contributed by atoms with Gasteiger partial charge in [0, 0.05) is 37.6 Å². The summed E-state index contributed by atoms with van der Waals surface area (Å²) in [6.45, 7) is 5.22. The monoisotopic (exact) mass is 380 g/mol. The van der Waals surface area contributed by atoms with E-state index in [4.69, 9.17) is 4.74 Å². The number of benzene rings is 2. The van der Waals surface area contributed by atoms with Gasteiger partial charge in [-0.3, -0.25) is 4.79 Å². The SMILES string of the molecule is CN1CCN(c2ccc(Oc3ccc(NC(=O)[C@@H]4CCCN4)cc3)cc2)CC1. The summed E-state index contributed by atoms with van der Waals surface area (Å²) in [6, 6.07) is 15.7. The first-order valence-electron chi connectivity index (χ1n) is 10.0. The number of nitrogens with zero attached hydrogens (tertiary/aromatic N) is 2. The number of ether oxygens (including phenoxy) is 1. The van der Waals surface area contributed by atoms with Crippen LogP contribution in [0.4, 0.5) is 11.4 Å². The lowest BCUT2D eigenvalue weighted by Crippen LogP contribution is -2.44. The standard InChI is InChI=1S/C22H28N4O2/c1-25-13-15-26(16-14-25)18-6-10-20(11-7-18)28-19-8-4-17(5-9-19)24-22(27)21-3-2-12-23-21/h4-11,21,23H,2-3,12-16H2,1H3,(H,24,27)/t21-/m0/s1. The molecule has 28 heavy (non-hydrogen) atoms. The number of likely N-dealkylation sites (N-methyl/N-ethyl adjacent to an activating group) is 1. The smallest absolute Gasteiger partial charge is 0.241 e. The number of piperazine rings is 1. The maximum Gasteiger partial charge on any atom is 0.241 e. The predicted molar refractivity (Wildman–Crippen MR) is 112 cm³/mol. The summed E-state index contributed by atoms with van der Waals surface area (Å²) in [5.74, 6) is 1.60. The quantitative estimate of drug-likeness (QED) is 0.835. The number of hydrogen-bond acceptors (Lipinski definition) is 5. The van der Waals surface area contributed by atoms with Crippen molar-refractivity contribution in [3.05, 3.63) is 48.5 Å². The predicted octanol–water partition coefficient (Wildman–Crippen LogP) is 2.92. The molecule has 2 heterocycles. The zero-order chi connectivity index (χ0) is 19.3. The lowest BCUT2D eigenvalue weighted by molar-refractivity contribution is -0.117. The first kappa shape index (κ1) is 18.8. The van der Waals surface area contributed by atoms with Crippen molar-refractivity contribution in [3.8, 4) is 11.5 Å². The molecule has 1 atom stereocenters. The topological polar surface area (TPSA) is 56.8 Å². The van der Waals surface area contributed by atoms with Crippen molar-refractivity contribution in [1.29, 1.82) is 0 Å². The van der Waals surface area contributed by atoms with Gasteiger partial charge >= 0.3 is 0 Å². The molecule has 2 fully saturated rings. The molecule has 0 saturated carbocycles. The van der Waals surface area contributed by atoms with Gasteiger partial charge in [-0.1, -0.05) is 0 Å². The minimum atomic E-state index is -0.0743. The van der Waals surface area contributed by atoms with Crippen LogP contribution in [0.3, 0.4) is 0 Å². The van der Waals surface area contributed by atoms with Crippen LogP contribution in [-0.2, 0) is 4.79 Å². The third kappa shape index (κ3) is 4.64. The number of carbonyl (C=O) groups excluding carboxylic acids is 1. The van der Waals surface area contributed by atoms with Gasteiger partial charge in [-0.05, 0) is 75.0 Å². The van der Waals surface area contributed by atoms with Crippen LogP contribution in [0.5, 0.6) is 11.5 Å². The minimum absolute atomic E-state index is 0.0330. The zero-order valence-corrected chi connectivity index (χ0v) is 16.4. The first-order chi connectivity index (χ1) is 13.7. The van der Waals surface area contributed by atoms with Crippen molar-refractivity contribution in [2.75, 3.05) is 50.0 Å². The van der Waals surface area contributed by atoms with Crippen LogP contribution < -0.4 is 20.3 Å². The van der Waals surface area contributed by atoms with Gasteiger partial charge in [0.1, 0.15) is 11.5 Å². The molecule has 6 nitrogen and oxygen atoms in total. The Balaban J connectivity index is 1.32. The zero-order valence-electron chi connectivity index (χ0n) is 16.4. The molecule has 2 aliphatic rings. The molecular weight excluding hydrogens is 352 g/mol. The van der Waals surface area contributed by atoms with E-state index in [2.05, 4.69) is 39.6 Å². The minimum Gasteiger partial charge on any atom is -0.457 e. The van der Waals surface area contributed by atoms with Crippen LogP contribution in [0.1, 0.15) is 12.8 Å². The van der Waals surface area contributed by atoms with Gasteiger partial charge in [-0.25, -0.2) is 0 Å². The summed E-state index contributed by atoms with van der Waals surface area (Å²) < 4.78 is 5.95. The fourth-order valence-electron chi connectivity index (χ4n) is 3.67. The number of rotatable bonds is 5. The van der Waals surface area contributed by atoms with Gasteiger partial charge in [0.15, 0.2) is 0 Å². The highest BCUT2D eigenvalue weighted by atomic mass is 16.5. The average Bonchev–Trinajstić information content (AvgIpc) is 3.26. The Morgan fingerprint density at radius 2 is 1.64 bits per heavy atom. The Kier molecular flexibility index (Phi) is 5.78. The van der Waals surface area contributed by atoms with Gasteiger partial charge < -0.3 is 25.2 Å². The fraction of sp³-hybridized carbons (Fsp3) is 0.409. The number of amides is 1. The second-order valence-electron chi connectivity index (χ2n) is 7.55. The summed E-state index contributed by atoms with van der Waals surface area (Å²) in [4.78, 5) is 16.9. The van der Waals surface area contributed by atoms with Crippen molar-refractivity contribution in [2.45, 2.75) is 18.9 Å². The summed E-state index contributed by atoms with van der Waals surface area (Å²) in [5, 5.41) is 6.16. The second-order valence-corrected chi connectivity index (χ2v) is 7.55. The summed E-state index contributed by atoms with van der Waals surface area (Å²) >= 11 is 0. The summed E-state index contributed by atoms with van der Waals surface area (Å²) in [5.41, 5.74) is 2.02. The molecule has 2 aliphatic heterocycles. The van der Waals surface area contributed by atoms with Gasteiger partial charge in [0.2, 0.25) is 5.91 Å². The van der Waals surface area contributed by atoms with Gasteiger partial charge in [-0.2, -0.15) is 0 Å². The lowest BCUT2D eigenvalue weighted by atomic mass is 10.2. The number of hydrogen-bond donors (Lipinski definition) is 2. The van der Waals surface area contributed by atoms with E-state index in [0.29, 0.717) is 0 Å². The molecule has 2 N–H and O–H groups in total. The summed E-state index contributed by atoms with van der Waals surface area (Å²) in [6.07, 6.45) is 1.95. The molecule has 0 aromatic heterocycles. The van der Waals surface area contributed by atoms with Crippen LogP contribution in [0, 0.1) is 0 Å². The lowest BCUT2D eigenvalue weighted by Gasteiger charge is -2.34. The molecule has 2 saturated heterocycles. The molecule has 2 aromatic rings. The van der Waals surface area contributed by atoms with Crippen LogP contribution >= 0.6 is 0 Å². The van der Waals surface area contributed by atoms with Crippen LogP contribution in [0.25, 0.3) is 0 Å². The Labute approximate surface area is 166 Å². The van der Waals surface area contributed by atoms with Crippen LogP contribution in [-0.4, -0.2) is 56.6 Å². The molecule has 6 heteroatoms. The maximum atomic E-state index is 12.2. The van der Waals surface area contributed by atoms with Crippen LogP contribution in [0.2, 0.25) is 0 Å². The highest BCUT2D eigenvalue weighted by molar-refractivity contribution is 5.95. The van der Waals surface area contributed by atoms with E-state index in [1.54, 1.807) is 0 Å². The number of carbonyl (C=O) groups is 1. The first-order valence-corrected chi connectivity index (χ1v) is 10.0. The van der Waals surface area contributed by atoms with Crippen molar-refractivity contribution in [1.82, 2.24) is 10.2 Å². The Morgan fingerprint density at radius 1 is 1.00 bits per heavy atom. The molecule has 2 aromatic carbocycles. The van der Waals surface area contributed by atoms with Gasteiger partial charge in [0.25, 0.3) is 0 Å². The van der Waals surface area contributed by atoms with E-state index >= 15 is 0 Å². The van der Waals surface area contributed by atoms with Gasteiger partial charge in [0.05, 0.1) is 6.04 Å². The normalized spacial score (nSPS) is 20.2. The molecule has 148 valence electrons. The highest BCUT2D eigenvalue weighted by Crippen LogP contribution is 2.26. The Hall–Kier alpha value is -2.57. The average molecular weight is 380 g/mol. The van der Waals surface area contributed by atoms with E-state index in [1.807, 2.05) is 36.4 Å². The second kappa shape index (κ2) is 8.63. The molecule has 1 amide bonds. The molecule has 0 unspecified atom stereocenters. The third-order valence-corrected chi connectivity index (χ3v) is 5.44. The van der Waals surface area contributed by atoms with Crippen molar-refractivity contribution in [2.24, 2.45) is 0 Å². The van der Waals surface area contributed by atoms with Crippen LogP contribution in [0.15, 0.2) is 48.5 Å².